The molecule has 1 saturated heterocycles. The number of H-pyrrole nitrogens is 1. The largest absolute Gasteiger partial charge is 0.497 e. The van der Waals surface area contributed by atoms with E-state index in [2.05, 4.69) is 26.1 Å². The number of amides is 1. The highest BCUT2D eigenvalue weighted by atomic mass is 16.5. The number of rotatable bonds is 7. The minimum Gasteiger partial charge on any atom is -0.497 e. The first-order valence-corrected chi connectivity index (χ1v) is 10.7. The molecule has 1 fully saturated rings. The van der Waals surface area contributed by atoms with E-state index in [0.29, 0.717) is 6.42 Å². The first kappa shape index (κ1) is 21.1. The van der Waals surface area contributed by atoms with Gasteiger partial charge in [0.05, 0.1) is 19.2 Å². The number of aryl methyl sites for hydroxylation is 1. The molecule has 3 aromatic rings. The second-order valence-corrected chi connectivity index (χ2v) is 7.87. The van der Waals surface area contributed by atoms with Gasteiger partial charge in [-0.15, -0.1) is 0 Å². The number of ether oxygens (including phenoxy) is 1. The third kappa shape index (κ3) is 5.11. The highest BCUT2D eigenvalue weighted by Gasteiger charge is 2.23. The summed E-state index contributed by atoms with van der Waals surface area (Å²) in [6, 6.07) is 13.8. The fraction of sp³-hybridized carbons (Fsp3) is 0.375. The van der Waals surface area contributed by atoms with Crippen LogP contribution in [0.3, 0.4) is 0 Å². The van der Waals surface area contributed by atoms with E-state index < -0.39 is 0 Å². The van der Waals surface area contributed by atoms with E-state index in [1.807, 2.05) is 54.4 Å². The molecule has 0 atom stereocenters. The van der Waals surface area contributed by atoms with Crippen molar-refractivity contribution < 1.29 is 9.53 Å². The topological polar surface area (TPSA) is 74.3 Å². The maximum absolute atomic E-state index is 13.0. The Bertz CT molecular complexity index is 993. The summed E-state index contributed by atoms with van der Waals surface area (Å²) in [7, 11) is 1.65. The lowest BCUT2D eigenvalue weighted by Crippen LogP contribution is -2.49. The van der Waals surface area contributed by atoms with Crippen LogP contribution in [0.2, 0.25) is 0 Å². The Kier molecular flexibility index (Phi) is 6.62. The quantitative estimate of drug-likeness (QED) is 0.637. The SMILES string of the molecule is COc1ccc(-c2n[nH]c(C)c2CC(=O)N2CCN(CCc3ccccn3)CC2)cc1. The summed E-state index contributed by atoms with van der Waals surface area (Å²) in [5.74, 6) is 0.957. The summed E-state index contributed by atoms with van der Waals surface area (Å²) in [5, 5.41) is 7.50. The number of nitrogens with one attached hydrogen (secondary N) is 1. The monoisotopic (exact) mass is 419 g/mol. The van der Waals surface area contributed by atoms with Gasteiger partial charge in [0.15, 0.2) is 0 Å². The summed E-state index contributed by atoms with van der Waals surface area (Å²) in [6.45, 7) is 6.26. The number of hydrogen-bond acceptors (Lipinski definition) is 5. The first-order valence-electron chi connectivity index (χ1n) is 10.7. The van der Waals surface area contributed by atoms with E-state index in [1.165, 1.54) is 0 Å². The minimum atomic E-state index is 0.156. The molecular weight excluding hydrogens is 390 g/mol. The number of methoxy groups -OCH3 is 1. The summed E-state index contributed by atoms with van der Waals surface area (Å²) >= 11 is 0. The van der Waals surface area contributed by atoms with Crippen LogP contribution in [0.5, 0.6) is 5.75 Å². The van der Waals surface area contributed by atoms with Crippen molar-refractivity contribution in [3.05, 3.63) is 65.6 Å². The number of aromatic nitrogens is 3. The minimum absolute atomic E-state index is 0.156. The van der Waals surface area contributed by atoms with E-state index in [9.17, 15) is 4.79 Å². The third-order valence-electron chi connectivity index (χ3n) is 5.90. The molecule has 1 amide bonds. The molecule has 1 N–H and O–H groups in total. The van der Waals surface area contributed by atoms with Gasteiger partial charge >= 0.3 is 0 Å². The Morgan fingerprint density at radius 3 is 2.55 bits per heavy atom. The molecule has 0 saturated carbocycles. The van der Waals surface area contributed by atoms with Gasteiger partial charge in [0.2, 0.25) is 5.91 Å². The molecule has 31 heavy (non-hydrogen) atoms. The van der Waals surface area contributed by atoms with Gasteiger partial charge < -0.3 is 9.64 Å². The van der Waals surface area contributed by atoms with Crippen molar-refractivity contribution >= 4 is 5.91 Å². The molecule has 0 unspecified atom stereocenters. The summed E-state index contributed by atoms with van der Waals surface area (Å²) < 4.78 is 5.24. The van der Waals surface area contributed by atoms with E-state index in [-0.39, 0.29) is 5.91 Å². The molecule has 2 aromatic heterocycles. The van der Waals surface area contributed by atoms with Gasteiger partial charge in [-0.1, -0.05) is 6.07 Å². The molecule has 7 heteroatoms. The molecule has 7 nitrogen and oxygen atoms in total. The van der Waals surface area contributed by atoms with Gasteiger partial charge in [0.1, 0.15) is 5.75 Å². The number of carbonyl (C=O) groups excluding carboxylic acids is 1. The lowest BCUT2D eigenvalue weighted by atomic mass is 10.0. The molecule has 3 heterocycles. The average molecular weight is 420 g/mol. The highest BCUT2D eigenvalue weighted by Crippen LogP contribution is 2.26. The predicted molar refractivity (Wildman–Crippen MR) is 120 cm³/mol. The van der Waals surface area contributed by atoms with E-state index in [0.717, 1.165) is 73.1 Å². The Balaban J connectivity index is 1.33. The number of benzene rings is 1. The first-order chi connectivity index (χ1) is 15.1. The van der Waals surface area contributed by atoms with Crippen LogP contribution in [0, 0.1) is 6.92 Å². The van der Waals surface area contributed by atoms with Crippen molar-refractivity contribution in [1.82, 2.24) is 25.0 Å². The maximum Gasteiger partial charge on any atom is 0.227 e. The van der Waals surface area contributed by atoms with Gasteiger partial charge in [-0.2, -0.15) is 5.10 Å². The number of pyridine rings is 1. The molecule has 0 spiro atoms. The fourth-order valence-electron chi connectivity index (χ4n) is 3.96. The van der Waals surface area contributed by atoms with Crippen LogP contribution in [0.15, 0.2) is 48.7 Å². The van der Waals surface area contributed by atoms with E-state index in [4.69, 9.17) is 4.74 Å². The average Bonchev–Trinajstić information content (AvgIpc) is 3.18. The van der Waals surface area contributed by atoms with Crippen LogP contribution in [0.1, 0.15) is 17.0 Å². The van der Waals surface area contributed by atoms with Crippen molar-refractivity contribution in [2.75, 3.05) is 39.8 Å². The number of nitrogens with zero attached hydrogens (tertiary/aromatic N) is 4. The lowest BCUT2D eigenvalue weighted by molar-refractivity contribution is -0.132. The number of carbonyl (C=O) groups is 1. The second kappa shape index (κ2) is 9.75. The van der Waals surface area contributed by atoms with Crippen molar-refractivity contribution in [3.63, 3.8) is 0 Å². The maximum atomic E-state index is 13.0. The predicted octanol–water partition coefficient (Wildman–Crippen LogP) is 2.72. The van der Waals surface area contributed by atoms with Gasteiger partial charge in [-0.3, -0.25) is 19.8 Å². The molecule has 0 aliphatic carbocycles. The van der Waals surface area contributed by atoms with E-state index in [1.54, 1.807) is 7.11 Å². The summed E-state index contributed by atoms with van der Waals surface area (Å²) in [5.41, 5.74) is 4.83. The Labute approximate surface area is 183 Å². The molecule has 1 aliphatic heterocycles. The summed E-state index contributed by atoms with van der Waals surface area (Å²) in [6.07, 6.45) is 3.13. The van der Waals surface area contributed by atoms with Crippen molar-refractivity contribution in [3.8, 4) is 17.0 Å². The van der Waals surface area contributed by atoms with Gasteiger partial charge in [0.25, 0.3) is 0 Å². The number of aromatic amines is 1. The van der Waals surface area contributed by atoms with Crippen LogP contribution in [0.4, 0.5) is 0 Å². The number of hydrogen-bond donors (Lipinski definition) is 1. The van der Waals surface area contributed by atoms with Gasteiger partial charge in [-0.25, -0.2) is 0 Å². The zero-order valence-electron chi connectivity index (χ0n) is 18.2. The van der Waals surface area contributed by atoms with Crippen LogP contribution >= 0.6 is 0 Å². The normalized spacial score (nSPS) is 14.6. The number of piperazine rings is 1. The Hall–Kier alpha value is -3.19. The van der Waals surface area contributed by atoms with Crippen LogP contribution in [-0.2, 0) is 17.6 Å². The zero-order valence-corrected chi connectivity index (χ0v) is 18.2. The molecular formula is C24H29N5O2. The van der Waals surface area contributed by atoms with Crippen molar-refractivity contribution in [2.45, 2.75) is 19.8 Å². The lowest BCUT2D eigenvalue weighted by Gasteiger charge is -2.34. The zero-order chi connectivity index (χ0) is 21.6. The van der Waals surface area contributed by atoms with Gasteiger partial charge in [0, 0.05) is 67.9 Å². The molecule has 1 aromatic carbocycles. The second-order valence-electron chi connectivity index (χ2n) is 7.87. The van der Waals surface area contributed by atoms with Crippen molar-refractivity contribution in [2.24, 2.45) is 0 Å². The smallest absolute Gasteiger partial charge is 0.227 e. The summed E-state index contributed by atoms with van der Waals surface area (Å²) in [4.78, 5) is 21.8. The molecule has 1 aliphatic rings. The Morgan fingerprint density at radius 2 is 1.87 bits per heavy atom. The van der Waals surface area contributed by atoms with E-state index >= 15 is 0 Å². The van der Waals surface area contributed by atoms with Crippen LogP contribution in [-0.4, -0.2) is 70.7 Å². The molecule has 0 bridgehead atoms. The highest BCUT2D eigenvalue weighted by molar-refractivity contribution is 5.82. The Morgan fingerprint density at radius 1 is 1.10 bits per heavy atom. The van der Waals surface area contributed by atoms with Crippen LogP contribution < -0.4 is 4.74 Å². The van der Waals surface area contributed by atoms with Crippen molar-refractivity contribution in [1.29, 1.82) is 0 Å². The fourth-order valence-corrected chi connectivity index (χ4v) is 3.96. The molecule has 0 radical (unpaired) electrons. The molecule has 162 valence electrons. The third-order valence-corrected chi connectivity index (χ3v) is 5.90. The van der Waals surface area contributed by atoms with Crippen LogP contribution in [0.25, 0.3) is 11.3 Å². The van der Waals surface area contributed by atoms with Gasteiger partial charge in [-0.05, 0) is 43.3 Å². The molecule has 4 rings (SSSR count). The standard InChI is InChI=1S/C24H29N5O2/c1-18-22(24(27-26-18)19-6-8-21(31-2)9-7-19)17-23(30)29-15-13-28(14-16-29)12-10-20-5-3-4-11-25-20/h3-9,11H,10,12-17H2,1-2H3,(H,26,27).